The molecule has 0 N–H and O–H groups in total. The lowest BCUT2D eigenvalue weighted by Gasteiger charge is -2.34. The first-order chi connectivity index (χ1) is 14.9. The zero-order valence-corrected chi connectivity index (χ0v) is 19.1. The lowest BCUT2D eigenvalue weighted by Crippen LogP contribution is -2.51. The van der Waals surface area contributed by atoms with Crippen molar-refractivity contribution < 1.29 is 26.3 Å². The van der Waals surface area contributed by atoms with Crippen molar-refractivity contribution in [1.82, 2.24) is 4.48 Å². The van der Waals surface area contributed by atoms with Gasteiger partial charge in [0.15, 0.2) is 5.70 Å². The van der Waals surface area contributed by atoms with Gasteiger partial charge in [0.05, 0.1) is 11.1 Å². The fourth-order valence-corrected chi connectivity index (χ4v) is 5.68. The van der Waals surface area contributed by atoms with E-state index in [4.69, 9.17) is 0 Å². The zero-order chi connectivity index (χ0) is 23.7. The summed E-state index contributed by atoms with van der Waals surface area (Å²) in [4.78, 5) is 0. The number of alkyl halides is 3. The van der Waals surface area contributed by atoms with E-state index >= 15 is 8.63 Å². The van der Waals surface area contributed by atoms with Crippen LogP contribution < -0.4 is 0 Å². The van der Waals surface area contributed by atoms with Crippen LogP contribution in [-0.2, 0) is 12.6 Å². The molecule has 0 saturated heterocycles. The van der Waals surface area contributed by atoms with Crippen LogP contribution in [-0.4, -0.2) is 21.6 Å². The molecule has 8 heteroatoms. The molecule has 2 aliphatic rings. The highest BCUT2D eigenvalue weighted by molar-refractivity contribution is 6.58. The molecule has 0 unspecified atom stereocenters. The highest BCUT2D eigenvalue weighted by Gasteiger charge is 2.57. The molecule has 0 spiro atoms. The van der Waals surface area contributed by atoms with Crippen LogP contribution in [0.5, 0.6) is 0 Å². The maximum atomic E-state index is 16.1. The molecule has 3 heterocycles. The summed E-state index contributed by atoms with van der Waals surface area (Å²) in [7, 11) is 0. The van der Waals surface area contributed by atoms with Gasteiger partial charge in [0.2, 0.25) is 0 Å². The summed E-state index contributed by atoms with van der Waals surface area (Å²) in [5, 5.41) is 0. The van der Waals surface area contributed by atoms with Crippen LogP contribution in [0.15, 0.2) is 41.1 Å². The Morgan fingerprint density at radius 2 is 1.59 bits per heavy atom. The van der Waals surface area contributed by atoms with Gasteiger partial charge < -0.3 is 17.6 Å². The Balaban J connectivity index is 2.27. The van der Waals surface area contributed by atoms with Gasteiger partial charge in [-0.3, -0.25) is 0 Å². The van der Waals surface area contributed by atoms with Crippen molar-refractivity contribution in [3.8, 4) is 0 Å². The highest BCUT2D eigenvalue weighted by Crippen LogP contribution is 2.49. The minimum atomic E-state index is -4.61. The van der Waals surface area contributed by atoms with E-state index in [1.165, 1.54) is 18.2 Å². The Morgan fingerprint density at radius 1 is 0.969 bits per heavy atom. The third-order valence-corrected chi connectivity index (χ3v) is 7.00. The molecule has 0 amide bonds. The van der Waals surface area contributed by atoms with Gasteiger partial charge in [-0.05, 0) is 56.5 Å². The van der Waals surface area contributed by atoms with Crippen LogP contribution >= 0.6 is 0 Å². The van der Waals surface area contributed by atoms with E-state index in [0.29, 0.717) is 35.4 Å². The average Bonchev–Trinajstić information content (AvgIpc) is 3.12. The van der Waals surface area contributed by atoms with E-state index in [0.717, 1.165) is 26.2 Å². The van der Waals surface area contributed by atoms with Crippen LogP contribution in [0, 0.1) is 13.8 Å². The van der Waals surface area contributed by atoms with E-state index in [9.17, 15) is 13.2 Å². The third kappa shape index (κ3) is 2.80. The topological polar surface area (TPSA) is 7.94 Å². The Kier molecular flexibility index (Phi) is 5.07. The summed E-state index contributed by atoms with van der Waals surface area (Å²) in [6.45, 7) is 6.23. The molecule has 170 valence electrons. The number of allylic oxidation sites excluding steroid dienone is 2. The number of hydrogen-bond donors (Lipinski definition) is 0. The van der Waals surface area contributed by atoms with Crippen LogP contribution in [0.3, 0.4) is 0 Å². The first-order valence-electron chi connectivity index (χ1n) is 10.9. The van der Waals surface area contributed by atoms with Gasteiger partial charge in [-0.15, -0.1) is 0 Å². The van der Waals surface area contributed by atoms with Crippen molar-refractivity contribution in [2.45, 2.75) is 60.6 Å². The molecule has 0 fully saturated rings. The van der Waals surface area contributed by atoms with Crippen molar-refractivity contribution in [1.29, 1.82) is 0 Å². The Morgan fingerprint density at radius 3 is 2.16 bits per heavy atom. The van der Waals surface area contributed by atoms with Gasteiger partial charge in [-0.2, -0.15) is 13.2 Å². The molecule has 0 atom stereocenters. The minimum Gasteiger partial charge on any atom is -0.393 e. The van der Waals surface area contributed by atoms with E-state index in [1.807, 2.05) is 13.8 Å². The van der Waals surface area contributed by atoms with E-state index in [2.05, 4.69) is 0 Å². The van der Waals surface area contributed by atoms with E-state index < -0.39 is 18.7 Å². The molecule has 0 saturated carbocycles. The molecule has 2 aromatic rings. The molecule has 0 bridgehead atoms. The molecule has 2 nitrogen and oxygen atoms in total. The first-order valence-corrected chi connectivity index (χ1v) is 10.9. The fraction of sp³-hybridized carbons (Fsp3) is 0.375. The van der Waals surface area contributed by atoms with Crippen LogP contribution in [0.1, 0.15) is 67.8 Å². The monoisotopic (exact) mass is 448 g/mol. The van der Waals surface area contributed by atoms with Crippen molar-refractivity contribution in [2.24, 2.45) is 0 Å². The lowest BCUT2D eigenvalue weighted by atomic mass is 9.82. The quantitative estimate of drug-likeness (QED) is 0.357. The van der Waals surface area contributed by atoms with Gasteiger partial charge in [0, 0.05) is 29.3 Å². The normalized spacial score (nSPS) is 18.0. The van der Waals surface area contributed by atoms with Crippen LogP contribution in [0.4, 0.5) is 21.8 Å². The number of rotatable bonds is 3. The third-order valence-electron chi connectivity index (χ3n) is 7.00. The smallest absolute Gasteiger partial charge is 0.393 e. The Hall–Kier alpha value is -2.64. The molecule has 0 aliphatic carbocycles. The lowest BCUT2D eigenvalue weighted by molar-refractivity contribution is -0.363. The maximum Gasteiger partial charge on any atom is 0.737 e. The van der Waals surface area contributed by atoms with Crippen molar-refractivity contribution in [3.05, 3.63) is 74.8 Å². The summed E-state index contributed by atoms with van der Waals surface area (Å²) in [5.41, 5.74) is 3.25. The molecule has 0 radical (unpaired) electrons. The van der Waals surface area contributed by atoms with Crippen LogP contribution in [0.2, 0.25) is 0 Å². The number of fused-ring (bicyclic) bond motifs is 2. The highest BCUT2D eigenvalue weighted by atomic mass is 19.4. The molecule has 1 aromatic heterocycles. The van der Waals surface area contributed by atoms with Crippen molar-refractivity contribution >= 4 is 18.3 Å². The molecular weight excluding hydrogens is 422 g/mol. The number of halogens is 5. The van der Waals surface area contributed by atoms with Gasteiger partial charge in [-0.1, -0.05) is 32.0 Å². The number of hydrogen-bond acceptors (Lipinski definition) is 0. The van der Waals surface area contributed by atoms with Crippen molar-refractivity contribution in [3.63, 3.8) is 0 Å². The second-order valence-electron chi connectivity index (χ2n) is 8.53. The number of nitrogens with zero attached hydrogens (tertiary/aromatic N) is 2. The second kappa shape index (κ2) is 7.19. The standard InChI is InChI=1S/C24H26BF5N2/c1-7-17-13(3)22-21(19-11-9-10-12-20(19)24(26,27)28)23-14(4)18(8-2)16(6)32(23)25(29,30)31(22)15(17)5/h9-12H,7-8H2,1-6H3. The second-order valence-corrected chi connectivity index (χ2v) is 8.53. The van der Waals surface area contributed by atoms with E-state index in [1.54, 1.807) is 27.7 Å². The van der Waals surface area contributed by atoms with Crippen molar-refractivity contribution in [2.75, 3.05) is 0 Å². The summed E-state index contributed by atoms with van der Waals surface area (Å²) in [6.07, 6.45) is -3.58. The predicted octanol–water partition coefficient (Wildman–Crippen LogP) is 6.90. The van der Waals surface area contributed by atoms with Gasteiger partial charge >= 0.3 is 13.1 Å². The predicted molar refractivity (Wildman–Crippen MR) is 118 cm³/mol. The number of benzene rings is 1. The Labute approximate surface area is 184 Å². The van der Waals surface area contributed by atoms with Gasteiger partial charge in [-0.25, -0.2) is 0 Å². The minimum absolute atomic E-state index is 0.0692. The van der Waals surface area contributed by atoms with Gasteiger partial charge in [0.25, 0.3) is 0 Å². The summed E-state index contributed by atoms with van der Waals surface area (Å²) in [6, 6.07) is 5.27. The van der Waals surface area contributed by atoms with E-state index in [-0.39, 0.29) is 22.5 Å². The average molecular weight is 448 g/mol. The fourth-order valence-electron chi connectivity index (χ4n) is 5.68. The first kappa shape index (κ1) is 22.6. The molecule has 32 heavy (non-hydrogen) atoms. The summed E-state index contributed by atoms with van der Waals surface area (Å²) >= 11 is 0. The largest absolute Gasteiger partial charge is 0.737 e. The maximum absolute atomic E-state index is 16.1. The summed E-state index contributed by atoms with van der Waals surface area (Å²) < 4.78 is 76.4. The van der Waals surface area contributed by atoms with Gasteiger partial charge in [0.1, 0.15) is 5.71 Å². The summed E-state index contributed by atoms with van der Waals surface area (Å²) in [5.74, 6) is 0. The zero-order valence-electron chi connectivity index (χ0n) is 19.1. The van der Waals surface area contributed by atoms with Crippen LogP contribution in [0.25, 0.3) is 5.57 Å². The molecule has 2 aliphatic heterocycles. The molecular formula is C24H26BF5N2. The molecule has 4 rings (SSSR count). The SMILES string of the molecule is CCC1=C(C)C2=C(c3ccccc3C(F)(F)F)c3c(C)c(CC)c(C)n3[B-](F)(F)[N+]2=C1C. The molecule has 1 aromatic carbocycles. The Bertz CT molecular complexity index is 1240. The number of aromatic nitrogens is 1.